The zero-order valence-electron chi connectivity index (χ0n) is 15.4. The quantitative estimate of drug-likeness (QED) is 0.599. The van der Waals surface area contributed by atoms with E-state index in [2.05, 4.69) is 75.4 Å². The Morgan fingerprint density at radius 1 is 1.22 bits per heavy atom. The molecule has 6 nitrogen and oxygen atoms in total. The molecule has 0 atom stereocenters. The lowest BCUT2D eigenvalue weighted by Gasteiger charge is -2.18. The van der Waals surface area contributed by atoms with Crippen LogP contribution in [-0.4, -0.2) is 26.2 Å². The van der Waals surface area contributed by atoms with Crippen molar-refractivity contribution in [2.45, 2.75) is 32.9 Å². The number of hydrogen-bond donors (Lipinski definition) is 1. The van der Waals surface area contributed by atoms with E-state index in [1.165, 1.54) is 11.1 Å². The van der Waals surface area contributed by atoms with Gasteiger partial charge < -0.3 is 14.4 Å². The smallest absolute Gasteiger partial charge is 0.259 e. The van der Waals surface area contributed by atoms with Gasteiger partial charge in [0, 0.05) is 35.9 Å². The van der Waals surface area contributed by atoms with Gasteiger partial charge in [-0.2, -0.15) is 4.98 Å². The van der Waals surface area contributed by atoms with Gasteiger partial charge in [-0.15, -0.1) is 0 Å². The highest BCUT2D eigenvalue weighted by atomic mass is 16.5. The number of nitrogens with zero attached hydrogens (tertiary/aromatic N) is 4. The zero-order valence-corrected chi connectivity index (χ0v) is 15.4. The van der Waals surface area contributed by atoms with E-state index in [0.29, 0.717) is 17.8 Å². The summed E-state index contributed by atoms with van der Waals surface area (Å²) in [5.74, 6) is 1.15. The summed E-state index contributed by atoms with van der Waals surface area (Å²) in [6, 6.07) is 10.8. The predicted octanol–water partition coefficient (Wildman–Crippen LogP) is 3.98. The van der Waals surface area contributed by atoms with Crippen LogP contribution in [0.5, 0.6) is 0 Å². The maximum Gasteiger partial charge on any atom is 0.259 e. The number of aromatic nitrogens is 4. The van der Waals surface area contributed by atoms with Gasteiger partial charge in [0.15, 0.2) is 0 Å². The summed E-state index contributed by atoms with van der Waals surface area (Å²) in [4.78, 5) is 9.28. The lowest BCUT2D eigenvalue weighted by atomic mass is 9.95. The molecule has 1 aromatic carbocycles. The van der Waals surface area contributed by atoms with Crippen molar-refractivity contribution in [2.75, 3.05) is 6.54 Å². The molecule has 4 aromatic rings. The van der Waals surface area contributed by atoms with Crippen molar-refractivity contribution in [3.05, 3.63) is 53.9 Å². The van der Waals surface area contributed by atoms with Gasteiger partial charge in [0.1, 0.15) is 5.65 Å². The summed E-state index contributed by atoms with van der Waals surface area (Å²) >= 11 is 0. The van der Waals surface area contributed by atoms with Crippen LogP contribution in [0.3, 0.4) is 0 Å². The molecule has 0 fully saturated rings. The highest BCUT2D eigenvalue weighted by Crippen LogP contribution is 2.29. The topological polar surface area (TPSA) is 68.8 Å². The first-order valence-electron chi connectivity index (χ1n) is 9.33. The minimum atomic E-state index is 0.370. The number of benzene rings is 1. The molecule has 0 spiro atoms. The zero-order chi connectivity index (χ0) is 18.4. The first-order valence-corrected chi connectivity index (χ1v) is 9.33. The van der Waals surface area contributed by atoms with Gasteiger partial charge in [0.05, 0.1) is 5.56 Å². The highest BCUT2D eigenvalue weighted by Gasteiger charge is 2.18. The van der Waals surface area contributed by atoms with Crippen LogP contribution in [0.1, 0.15) is 31.0 Å². The summed E-state index contributed by atoms with van der Waals surface area (Å²) in [6.07, 6.45) is 4.85. The Balaban J connectivity index is 1.54. The average Bonchev–Trinajstić information content (AvgIpc) is 3.34. The lowest BCUT2D eigenvalue weighted by molar-refractivity contribution is 0.432. The van der Waals surface area contributed by atoms with Gasteiger partial charge >= 0.3 is 0 Å². The van der Waals surface area contributed by atoms with Crippen molar-refractivity contribution < 1.29 is 4.52 Å². The number of pyridine rings is 1. The maximum absolute atomic E-state index is 5.58. The Morgan fingerprint density at radius 2 is 2.15 bits per heavy atom. The van der Waals surface area contributed by atoms with Crippen molar-refractivity contribution in [3.8, 4) is 22.8 Å². The Kier molecular flexibility index (Phi) is 3.79. The Morgan fingerprint density at radius 3 is 3.04 bits per heavy atom. The molecule has 6 heteroatoms. The minimum absolute atomic E-state index is 0.370. The highest BCUT2D eigenvalue weighted by molar-refractivity contribution is 5.80. The molecule has 0 bridgehead atoms. The van der Waals surface area contributed by atoms with Crippen LogP contribution in [0.4, 0.5) is 0 Å². The van der Waals surface area contributed by atoms with Crippen LogP contribution in [0, 0.1) is 0 Å². The van der Waals surface area contributed by atoms with Crippen LogP contribution >= 0.6 is 0 Å². The van der Waals surface area contributed by atoms with E-state index in [9.17, 15) is 0 Å². The summed E-state index contributed by atoms with van der Waals surface area (Å²) < 4.78 is 7.73. The van der Waals surface area contributed by atoms with E-state index in [1.54, 1.807) is 0 Å². The molecule has 3 aromatic heterocycles. The molecule has 4 heterocycles. The van der Waals surface area contributed by atoms with Gasteiger partial charge in [-0.25, -0.2) is 4.98 Å². The van der Waals surface area contributed by atoms with Gasteiger partial charge in [-0.3, -0.25) is 0 Å². The fourth-order valence-electron chi connectivity index (χ4n) is 3.77. The second-order valence-corrected chi connectivity index (χ2v) is 7.25. The van der Waals surface area contributed by atoms with E-state index in [4.69, 9.17) is 4.52 Å². The van der Waals surface area contributed by atoms with Crippen molar-refractivity contribution in [2.24, 2.45) is 0 Å². The van der Waals surface area contributed by atoms with Crippen LogP contribution in [-0.2, 0) is 13.0 Å². The molecule has 27 heavy (non-hydrogen) atoms. The van der Waals surface area contributed by atoms with E-state index >= 15 is 0 Å². The maximum atomic E-state index is 5.58. The monoisotopic (exact) mass is 359 g/mol. The molecule has 1 aliphatic rings. The van der Waals surface area contributed by atoms with Crippen LogP contribution in [0.25, 0.3) is 33.9 Å². The second kappa shape index (κ2) is 6.32. The van der Waals surface area contributed by atoms with Gasteiger partial charge in [0.25, 0.3) is 5.89 Å². The van der Waals surface area contributed by atoms with Crippen LogP contribution in [0.2, 0.25) is 0 Å². The van der Waals surface area contributed by atoms with Crippen LogP contribution in [0.15, 0.2) is 47.2 Å². The molecular formula is C21H21N5O. The first kappa shape index (κ1) is 16.2. The fraction of sp³-hybridized carbons (Fsp3) is 0.286. The number of hydrogen-bond acceptors (Lipinski definition) is 5. The average molecular weight is 359 g/mol. The van der Waals surface area contributed by atoms with Gasteiger partial charge in [-0.1, -0.05) is 23.4 Å². The molecule has 0 saturated carbocycles. The second-order valence-electron chi connectivity index (χ2n) is 7.25. The number of rotatable bonds is 3. The van der Waals surface area contributed by atoms with Crippen molar-refractivity contribution in [1.82, 2.24) is 25.0 Å². The third-order valence-corrected chi connectivity index (χ3v) is 5.16. The predicted molar refractivity (Wildman–Crippen MR) is 104 cm³/mol. The third kappa shape index (κ3) is 2.73. The fourth-order valence-corrected chi connectivity index (χ4v) is 3.77. The third-order valence-electron chi connectivity index (χ3n) is 5.16. The summed E-state index contributed by atoms with van der Waals surface area (Å²) in [5.41, 5.74) is 5.49. The standard InChI is InChI=1S/C21H21N5O/c1-13(2)26-9-7-14-10-16(12-23-20(14)26)21-24-19(25-27-21)18-5-3-4-15-11-22-8-6-17(15)18/h3-5,7,9-10,12-13,22H,6,8,11H2,1-2H3. The lowest BCUT2D eigenvalue weighted by Crippen LogP contribution is -2.24. The molecule has 0 unspecified atom stereocenters. The van der Waals surface area contributed by atoms with Crippen molar-refractivity contribution in [3.63, 3.8) is 0 Å². The summed E-state index contributed by atoms with van der Waals surface area (Å²) in [6.45, 7) is 6.16. The molecule has 1 N–H and O–H groups in total. The normalized spacial score (nSPS) is 14.0. The van der Waals surface area contributed by atoms with E-state index in [0.717, 1.165) is 41.7 Å². The van der Waals surface area contributed by atoms with Gasteiger partial charge in [-0.05, 0) is 50.1 Å². The Hall–Kier alpha value is -2.99. The Bertz CT molecular complexity index is 1120. The van der Waals surface area contributed by atoms with E-state index in [-0.39, 0.29) is 0 Å². The SMILES string of the molecule is CC(C)n1ccc2cc(-c3nc(-c4cccc5c4CCNC5)no3)cnc21. The number of fused-ring (bicyclic) bond motifs is 2. The first-order chi connectivity index (χ1) is 13.2. The van der Waals surface area contributed by atoms with E-state index < -0.39 is 0 Å². The molecule has 1 aliphatic heterocycles. The molecule has 136 valence electrons. The molecule has 5 rings (SSSR count). The summed E-state index contributed by atoms with van der Waals surface area (Å²) in [5, 5.41) is 8.72. The Labute approximate surface area is 157 Å². The molecule has 0 aliphatic carbocycles. The van der Waals surface area contributed by atoms with Crippen LogP contribution < -0.4 is 5.32 Å². The largest absolute Gasteiger partial charge is 0.334 e. The van der Waals surface area contributed by atoms with Crippen molar-refractivity contribution in [1.29, 1.82) is 0 Å². The minimum Gasteiger partial charge on any atom is -0.334 e. The van der Waals surface area contributed by atoms with E-state index in [1.807, 2.05) is 6.20 Å². The van der Waals surface area contributed by atoms with Gasteiger partial charge in [0.2, 0.25) is 5.82 Å². The summed E-state index contributed by atoms with van der Waals surface area (Å²) in [7, 11) is 0. The molecule has 0 radical (unpaired) electrons. The molecule has 0 amide bonds. The van der Waals surface area contributed by atoms with Crippen molar-refractivity contribution >= 4 is 11.0 Å². The number of nitrogens with one attached hydrogen (secondary N) is 1. The molecule has 0 saturated heterocycles. The molecular weight excluding hydrogens is 338 g/mol.